The summed E-state index contributed by atoms with van der Waals surface area (Å²) in [6.45, 7) is -0.169. The predicted molar refractivity (Wildman–Crippen MR) is 91.6 cm³/mol. The first-order chi connectivity index (χ1) is 11.7. The van der Waals surface area contributed by atoms with Crippen LogP contribution in [0.2, 0.25) is 0 Å². The van der Waals surface area contributed by atoms with Gasteiger partial charge in [0.2, 0.25) is 0 Å². The van der Waals surface area contributed by atoms with Crippen molar-refractivity contribution in [3.63, 3.8) is 0 Å². The van der Waals surface area contributed by atoms with E-state index in [2.05, 4.69) is 10.0 Å². The van der Waals surface area contributed by atoms with Crippen LogP contribution in [0.3, 0.4) is 0 Å². The first-order valence-electron chi connectivity index (χ1n) is 7.26. The molecule has 0 fully saturated rings. The van der Waals surface area contributed by atoms with E-state index in [0.29, 0.717) is 11.3 Å². The van der Waals surface area contributed by atoms with Gasteiger partial charge in [-0.1, -0.05) is 23.3 Å². The molecule has 0 bridgehead atoms. The van der Waals surface area contributed by atoms with E-state index in [-0.39, 0.29) is 6.54 Å². The zero-order valence-corrected chi connectivity index (χ0v) is 13.4. The van der Waals surface area contributed by atoms with Gasteiger partial charge < -0.3 is 9.84 Å². The topological polar surface area (TPSA) is 78.2 Å². The van der Waals surface area contributed by atoms with Crippen molar-refractivity contribution in [2.75, 3.05) is 6.54 Å². The second kappa shape index (κ2) is 7.31. The molecule has 0 radical (unpaired) electrons. The number of hydrogen-bond donors (Lipinski definition) is 1. The van der Waals surface area contributed by atoms with Crippen LogP contribution >= 0.6 is 11.3 Å². The molecule has 1 heterocycles. The number of aliphatic hydroxyl groups excluding tert-OH is 1. The normalized spacial score (nSPS) is 13.2. The summed E-state index contributed by atoms with van der Waals surface area (Å²) in [4.78, 5) is 2.66. The maximum Gasteiger partial charge on any atom is 0.150 e. The van der Waals surface area contributed by atoms with Crippen molar-refractivity contribution in [2.45, 2.75) is 12.2 Å². The summed E-state index contributed by atoms with van der Waals surface area (Å²) in [5.74, 6) is 0.161. The van der Waals surface area contributed by atoms with Gasteiger partial charge in [0.15, 0.2) is 0 Å². The molecule has 0 saturated carbocycles. The van der Waals surface area contributed by atoms with Gasteiger partial charge in [0.05, 0.1) is 6.54 Å². The Morgan fingerprint density at radius 1 is 1.25 bits per heavy atom. The summed E-state index contributed by atoms with van der Waals surface area (Å²) in [5.41, 5.74) is 8.94. The predicted octanol–water partition coefficient (Wildman–Crippen LogP) is 4.83. The number of benzene rings is 2. The lowest BCUT2D eigenvalue weighted by Crippen LogP contribution is -2.26. The van der Waals surface area contributed by atoms with Crippen LogP contribution in [-0.4, -0.2) is 17.8 Å². The Labute approximate surface area is 141 Å². The van der Waals surface area contributed by atoms with Crippen molar-refractivity contribution in [3.05, 3.63) is 75.7 Å². The van der Waals surface area contributed by atoms with E-state index in [1.165, 1.54) is 12.1 Å². The first kappa shape index (κ1) is 16.3. The maximum absolute atomic E-state index is 13.6. The average Bonchev–Trinajstić information content (AvgIpc) is 3.07. The Kier molecular flexibility index (Phi) is 4.96. The van der Waals surface area contributed by atoms with Gasteiger partial charge in [0.1, 0.15) is 23.8 Å². The lowest BCUT2D eigenvalue weighted by atomic mass is 10.0. The minimum absolute atomic E-state index is 0.169. The van der Waals surface area contributed by atoms with Crippen LogP contribution in [0.15, 0.2) is 59.0 Å². The van der Waals surface area contributed by atoms with E-state index in [4.69, 9.17) is 10.3 Å². The number of halogens is 1. The molecule has 0 saturated heterocycles. The number of ether oxygens (including phenoxy) is 1. The third-order valence-electron chi connectivity index (χ3n) is 3.57. The molecule has 3 rings (SSSR count). The van der Waals surface area contributed by atoms with Crippen molar-refractivity contribution in [2.24, 2.45) is 5.11 Å². The Bertz CT molecular complexity index is 892. The third-order valence-corrected chi connectivity index (χ3v) is 4.45. The maximum atomic E-state index is 13.6. The van der Waals surface area contributed by atoms with Crippen LogP contribution in [0.1, 0.15) is 11.7 Å². The molecule has 2 aromatic carbocycles. The summed E-state index contributed by atoms with van der Waals surface area (Å²) in [7, 11) is 0. The third kappa shape index (κ3) is 3.49. The Morgan fingerprint density at radius 3 is 2.88 bits per heavy atom. The Hall–Kier alpha value is -2.60. The van der Waals surface area contributed by atoms with Crippen molar-refractivity contribution in [1.82, 2.24) is 0 Å². The van der Waals surface area contributed by atoms with Crippen LogP contribution in [0.4, 0.5) is 4.39 Å². The van der Waals surface area contributed by atoms with Gasteiger partial charge in [0, 0.05) is 15.0 Å². The van der Waals surface area contributed by atoms with Crippen LogP contribution in [-0.2, 0) is 0 Å². The molecule has 0 unspecified atom stereocenters. The standard InChI is InChI=1S/C17H14FN3O2S/c18-12-4-1-3-11(9-12)17(14(22)10-20-21-19)23-15-5-2-6-16-13(15)7-8-24-16/h1-9,14,17,22H,10H2/t14-,17+/m1/s1. The fourth-order valence-corrected chi connectivity index (χ4v) is 3.28. The highest BCUT2D eigenvalue weighted by atomic mass is 32.1. The van der Waals surface area contributed by atoms with Gasteiger partial charge in [-0.05, 0) is 46.8 Å². The molecular formula is C17H14FN3O2S. The van der Waals surface area contributed by atoms with Gasteiger partial charge >= 0.3 is 0 Å². The second-order valence-corrected chi connectivity index (χ2v) is 6.11. The molecule has 3 aromatic rings. The van der Waals surface area contributed by atoms with Crippen molar-refractivity contribution in [3.8, 4) is 5.75 Å². The largest absolute Gasteiger partial charge is 0.482 e. The highest BCUT2D eigenvalue weighted by Gasteiger charge is 2.24. The summed E-state index contributed by atoms with van der Waals surface area (Å²) in [5, 5.41) is 16.6. The zero-order valence-electron chi connectivity index (χ0n) is 12.5. The summed E-state index contributed by atoms with van der Waals surface area (Å²) in [6.07, 6.45) is -1.95. The number of nitrogens with zero attached hydrogens (tertiary/aromatic N) is 3. The van der Waals surface area contributed by atoms with Crippen molar-refractivity contribution < 1.29 is 14.2 Å². The van der Waals surface area contributed by atoms with Crippen LogP contribution < -0.4 is 4.74 Å². The van der Waals surface area contributed by atoms with Crippen LogP contribution in [0, 0.1) is 5.82 Å². The average molecular weight is 343 g/mol. The van der Waals surface area contributed by atoms with Gasteiger partial charge in [0.25, 0.3) is 0 Å². The molecule has 7 heteroatoms. The highest BCUT2D eigenvalue weighted by Crippen LogP contribution is 2.34. The van der Waals surface area contributed by atoms with Crippen molar-refractivity contribution in [1.29, 1.82) is 0 Å². The van der Waals surface area contributed by atoms with Gasteiger partial charge in [-0.2, -0.15) is 0 Å². The number of thiophene rings is 1. The van der Waals surface area contributed by atoms with E-state index in [1.807, 2.05) is 23.6 Å². The fraction of sp³-hybridized carbons (Fsp3) is 0.176. The molecular weight excluding hydrogens is 329 g/mol. The molecule has 122 valence electrons. The van der Waals surface area contributed by atoms with E-state index in [0.717, 1.165) is 10.1 Å². The van der Waals surface area contributed by atoms with E-state index < -0.39 is 18.0 Å². The SMILES string of the molecule is [N-]=[N+]=NC[C@@H](O)[C@@H](Oc1cccc2sccc12)c1cccc(F)c1. The quantitative estimate of drug-likeness (QED) is 0.395. The number of fused-ring (bicyclic) bond motifs is 1. The second-order valence-electron chi connectivity index (χ2n) is 5.16. The molecule has 24 heavy (non-hydrogen) atoms. The lowest BCUT2D eigenvalue weighted by Gasteiger charge is -2.24. The molecule has 0 aliphatic heterocycles. The molecule has 0 amide bonds. The molecule has 5 nitrogen and oxygen atoms in total. The van der Waals surface area contributed by atoms with Gasteiger partial charge in [-0.3, -0.25) is 0 Å². The van der Waals surface area contributed by atoms with Gasteiger partial charge in [-0.25, -0.2) is 4.39 Å². The number of rotatable bonds is 6. The molecule has 1 N–H and O–H groups in total. The number of aliphatic hydroxyl groups is 1. The van der Waals surface area contributed by atoms with E-state index in [9.17, 15) is 9.50 Å². The summed E-state index contributed by atoms with van der Waals surface area (Å²) < 4.78 is 20.6. The molecule has 0 spiro atoms. The Balaban J connectivity index is 1.98. The van der Waals surface area contributed by atoms with E-state index >= 15 is 0 Å². The van der Waals surface area contributed by atoms with E-state index in [1.54, 1.807) is 29.5 Å². The molecule has 0 aliphatic carbocycles. The summed E-state index contributed by atoms with van der Waals surface area (Å²) >= 11 is 1.58. The molecule has 2 atom stereocenters. The minimum Gasteiger partial charge on any atom is -0.482 e. The minimum atomic E-state index is -1.10. The van der Waals surface area contributed by atoms with Gasteiger partial charge in [-0.15, -0.1) is 11.3 Å². The first-order valence-corrected chi connectivity index (χ1v) is 8.14. The Morgan fingerprint density at radius 2 is 2.08 bits per heavy atom. The summed E-state index contributed by atoms with van der Waals surface area (Å²) in [6, 6.07) is 13.4. The number of azide groups is 1. The highest BCUT2D eigenvalue weighted by molar-refractivity contribution is 7.17. The van der Waals surface area contributed by atoms with Crippen LogP contribution in [0.5, 0.6) is 5.75 Å². The van der Waals surface area contributed by atoms with Crippen LogP contribution in [0.25, 0.3) is 20.5 Å². The zero-order chi connectivity index (χ0) is 16.9. The fourth-order valence-electron chi connectivity index (χ4n) is 2.47. The molecule has 1 aromatic heterocycles. The monoisotopic (exact) mass is 343 g/mol. The lowest BCUT2D eigenvalue weighted by molar-refractivity contribution is 0.0423. The number of hydrogen-bond acceptors (Lipinski definition) is 4. The molecule has 0 aliphatic rings. The van der Waals surface area contributed by atoms with Crippen molar-refractivity contribution >= 4 is 21.4 Å². The smallest absolute Gasteiger partial charge is 0.150 e.